The van der Waals surface area contributed by atoms with E-state index in [1.54, 1.807) is 0 Å². The molecular weight excluding hydrogens is 111 g/mol. The number of aryl methyl sites for hydroxylation is 1. The maximum Gasteiger partial charge on any atom is 0.163 e. The van der Waals surface area contributed by atoms with E-state index in [-0.39, 0.29) is 0 Å². The van der Waals surface area contributed by atoms with Crippen molar-refractivity contribution in [3.63, 3.8) is 0 Å². The molecule has 0 saturated carbocycles. The van der Waals surface area contributed by atoms with Crippen LogP contribution in [0.5, 0.6) is 0 Å². The third kappa shape index (κ3) is 1.22. The molecule has 0 spiro atoms. The molecule has 2 nitrogen and oxygen atoms in total. The van der Waals surface area contributed by atoms with E-state index in [0.29, 0.717) is 0 Å². The van der Waals surface area contributed by atoms with Crippen molar-refractivity contribution in [2.75, 3.05) is 5.73 Å². The van der Waals surface area contributed by atoms with Crippen molar-refractivity contribution in [1.82, 2.24) is 4.98 Å². The number of nitrogens with two attached hydrogens (primary N) is 1. The highest BCUT2D eigenvalue weighted by molar-refractivity contribution is 6.30. The van der Waals surface area contributed by atoms with Crippen LogP contribution in [0.2, 0.25) is 0 Å². The summed E-state index contributed by atoms with van der Waals surface area (Å²) >= 11 is 0. The van der Waals surface area contributed by atoms with Crippen molar-refractivity contribution in [1.29, 1.82) is 0 Å². The third-order valence-electron chi connectivity index (χ3n) is 1.27. The maximum atomic E-state index is 5.53. The highest BCUT2D eigenvalue weighted by atomic mass is 14.7. The van der Waals surface area contributed by atoms with Crippen molar-refractivity contribution in [2.24, 2.45) is 0 Å². The van der Waals surface area contributed by atoms with Crippen LogP contribution in [0, 0.1) is 6.92 Å². The zero-order valence-corrected chi connectivity index (χ0v) is 5.68. The lowest BCUT2D eigenvalue weighted by Crippen LogP contribution is -2.09. The first kappa shape index (κ1) is 6.14. The molecule has 0 unspecified atom stereocenters. The van der Waals surface area contributed by atoms with Crippen LogP contribution >= 0.6 is 0 Å². The molecule has 1 heterocycles. The fraction of sp³-hybridized carbons (Fsp3) is 0.167. The lowest BCUT2D eigenvalue weighted by Gasteiger charge is -1.97. The van der Waals surface area contributed by atoms with Gasteiger partial charge in [0.05, 0.1) is 11.4 Å². The normalized spacial score (nSPS) is 9.44. The molecular formula is C6H9BN2. The van der Waals surface area contributed by atoms with Crippen LogP contribution in [0.25, 0.3) is 0 Å². The van der Waals surface area contributed by atoms with E-state index < -0.39 is 0 Å². The van der Waals surface area contributed by atoms with Gasteiger partial charge in [0.2, 0.25) is 0 Å². The molecule has 0 aromatic carbocycles. The van der Waals surface area contributed by atoms with Gasteiger partial charge in [-0.25, -0.2) is 0 Å². The Bertz CT molecular complexity index is 222. The van der Waals surface area contributed by atoms with Gasteiger partial charge in [0, 0.05) is 0 Å². The molecule has 1 aromatic heterocycles. The smallest absolute Gasteiger partial charge is 0.163 e. The van der Waals surface area contributed by atoms with Crippen molar-refractivity contribution in [2.45, 2.75) is 6.92 Å². The minimum absolute atomic E-state index is 0.764. The molecule has 0 aliphatic rings. The summed E-state index contributed by atoms with van der Waals surface area (Å²) in [5.74, 6) is 0. The van der Waals surface area contributed by atoms with Crippen LogP contribution in [0.3, 0.4) is 0 Å². The molecule has 2 N–H and O–H groups in total. The summed E-state index contributed by atoms with van der Waals surface area (Å²) in [4.78, 5) is 4.15. The summed E-state index contributed by atoms with van der Waals surface area (Å²) in [5, 5.41) is 0. The van der Waals surface area contributed by atoms with E-state index in [4.69, 9.17) is 5.73 Å². The molecule has 46 valence electrons. The van der Waals surface area contributed by atoms with Gasteiger partial charge >= 0.3 is 0 Å². The van der Waals surface area contributed by atoms with Crippen LogP contribution in [0.15, 0.2) is 12.1 Å². The van der Waals surface area contributed by atoms with Gasteiger partial charge in [0.25, 0.3) is 0 Å². The highest BCUT2D eigenvalue weighted by Gasteiger charge is 1.91. The SMILES string of the molecule is Bc1ccc(N)c(C)n1. The van der Waals surface area contributed by atoms with Crippen molar-refractivity contribution in [3.8, 4) is 0 Å². The largest absolute Gasteiger partial charge is 0.397 e. The van der Waals surface area contributed by atoms with Crippen LogP contribution in [-0.2, 0) is 0 Å². The predicted molar refractivity (Wildman–Crippen MR) is 41.6 cm³/mol. The highest BCUT2D eigenvalue weighted by Crippen LogP contribution is 2.01. The quantitative estimate of drug-likeness (QED) is 0.456. The number of rotatable bonds is 0. The van der Waals surface area contributed by atoms with Crippen LogP contribution in [-0.4, -0.2) is 12.8 Å². The van der Waals surface area contributed by atoms with E-state index >= 15 is 0 Å². The fourth-order valence-corrected chi connectivity index (χ4v) is 0.697. The number of pyridine rings is 1. The van der Waals surface area contributed by atoms with E-state index in [9.17, 15) is 0 Å². The Hall–Kier alpha value is -0.985. The molecule has 0 fully saturated rings. The van der Waals surface area contributed by atoms with Gasteiger partial charge in [-0.2, -0.15) is 0 Å². The molecule has 0 saturated heterocycles. The van der Waals surface area contributed by atoms with E-state index in [1.165, 1.54) is 0 Å². The zero-order chi connectivity index (χ0) is 6.85. The summed E-state index contributed by atoms with van der Waals surface area (Å²) < 4.78 is 0. The van der Waals surface area contributed by atoms with Gasteiger partial charge in [-0.05, 0) is 24.6 Å². The van der Waals surface area contributed by atoms with Crippen LogP contribution in [0.4, 0.5) is 5.69 Å². The Morgan fingerprint density at radius 3 is 2.67 bits per heavy atom. The average molecular weight is 120 g/mol. The van der Waals surface area contributed by atoms with Crippen LogP contribution < -0.4 is 11.3 Å². The Kier molecular flexibility index (Phi) is 1.43. The zero-order valence-electron chi connectivity index (χ0n) is 5.68. The fourth-order valence-electron chi connectivity index (χ4n) is 0.697. The molecule has 3 heteroatoms. The lowest BCUT2D eigenvalue weighted by atomic mass is 10.0. The number of aromatic nitrogens is 1. The van der Waals surface area contributed by atoms with E-state index in [0.717, 1.165) is 17.0 Å². The van der Waals surface area contributed by atoms with Gasteiger partial charge in [-0.3, -0.25) is 4.98 Å². The monoisotopic (exact) mass is 120 g/mol. The van der Waals surface area contributed by atoms with Gasteiger partial charge in [0.1, 0.15) is 0 Å². The number of hydrogen-bond donors (Lipinski definition) is 1. The summed E-state index contributed by atoms with van der Waals surface area (Å²) in [6, 6.07) is 3.78. The topological polar surface area (TPSA) is 38.9 Å². The molecule has 0 atom stereocenters. The van der Waals surface area contributed by atoms with Crippen LogP contribution in [0.1, 0.15) is 5.69 Å². The molecule has 0 bridgehead atoms. The van der Waals surface area contributed by atoms with Crippen molar-refractivity contribution >= 4 is 19.1 Å². The molecule has 9 heavy (non-hydrogen) atoms. The molecule has 0 aliphatic carbocycles. The first-order valence-electron chi connectivity index (χ1n) is 2.90. The Balaban J connectivity index is 3.17. The van der Waals surface area contributed by atoms with Gasteiger partial charge < -0.3 is 5.73 Å². The predicted octanol–water partition coefficient (Wildman–Crippen LogP) is -0.769. The molecule has 1 aromatic rings. The first-order valence-corrected chi connectivity index (χ1v) is 2.90. The number of nitrogens with zero attached hydrogens (tertiary/aromatic N) is 1. The molecule has 1 rings (SSSR count). The standard InChI is InChI=1S/C6H9BN2/c1-4-5(8)2-3-6(7)9-4/h2-3H,7-8H2,1H3. The minimum atomic E-state index is 0.764. The summed E-state index contributed by atoms with van der Waals surface area (Å²) in [7, 11) is 1.95. The van der Waals surface area contributed by atoms with E-state index in [2.05, 4.69) is 4.98 Å². The van der Waals surface area contributed by atoms with Gasteiger partial charge in [-0.1, -0.05) is 0 Å². The Labute approximate surface area is 55.5 Å². The third-order valence-corrected chi connectivity index (χ3v) is 1.27. The molecule has 0 radical (unpaired) electrons. The second-order valence-electron chi connectivity index (χ2n) is 2.13. The molecule has 0 amide bonds. The number of anilines is 1. The molecule has 0 aliphatic heterocycles. The van der Waals surface area contributed by atoms with Crippen molar-refractivity contribution < 1.29 is 0 Å². The Morgan fingerprint density at radius 1 is 1.56 bits per heavy atom. The number of nitrogen functional groups attached to an aromatic ring is 1. The number of hydrogen-bond acceptors (Lipinski definition) is 2. The average Bonchev–Trinajstić information content (AvgIpc) is 1.80. The Morgan fingerprint density at radius 2 is 2.22 bits per heavy atom. The summed E-state index contributed by atoms with van der Waals surface area (Å²) in [5.41, 5.74) is 8.22. The second-order valence-corrected chi connectivity index (χ2v) is 2.13. The second kappa shape index (κ2) is 2.09. The van der Waals surface area contributed by atoms with E-state index in [1.807, 2.05) is 26.9 Å². The minimum Gasteiger partial charge on any atom is -0.397 e. The summed E-state index contributed by atoms with van der Waals surface area (Å²) in [6.07, 6.45) is 0. The summed E-state index contributed by atoms with van der Waals surface area (Å²) in [6.45, 7) is 1.91. The van der Waals surface area contributed by atoms with Crippen molar-refractivity contribution in [3.05, 3.63) is 17.8 Å². The van der Waals surface area contributed by atoms with Gasteiger partial charge in [-0.15, -0.1) is 0 Å². The lowest BCUT2D eigenvalue weighted by molar-refractivity contribution is 1.24. The maximum absolute atomic E-state index is 5.53. The first-order chi connectivity index (χ1) is 4.20. The van der Waals surface area contributed by atoms with Gasteiger partial charge in [0.15, 0.2) is 7.85 Å².